The Labute approximate surface area is 92.1 Å². The molecule has 0 radical (unpaired) electrons. The predicted molar refractivity (Wildman–Crippen MR) is 63.9 cm³/mol. The van der Waals surface area contributed by atoms with Crippen molar-refractivity contribution in [2.75, 3.05) is 5.73 Å². The summed E-state index contributed by atoms with van der Waals surface area (Å²) in [6, 6.07) is 7.87. The summed E-state index contributed by atoms with van der Waals surface area (Å²) in [6.45, 7) is 2.05. The van der Waals surface area contributed by atoms with Crippen molar-refractivity contribution < 1.29 is 0 Å². The average molecular weight is 224 g/mol. The first kappa shape index (κ1) is 9.56. The Morgan fingerprint density at radius 3 is 2.71 bits per heavy atom. The zero-order valence-corrected chi connectivity index (χ0v) is 9.32. The molecule has 0 unspecified atom stereocenters. The summed E-state index contributed by atoms with van der Waals surface area (Å²) >= 11 is 7.67. The number of hydrogen-bond acceptors (Lipinski definition) is 2. The smallest absolute Gasteiger partial charge is 0.0593 e. The maximum absolute atomic E-state index is 6.05. The summed E-state index contributed by atoms with van der Waals surface area (Å²) in [6.07, 6.45) is 0. The standard InChI is InChI=1S/C11H10ClNS/c1-7-2-3-10(13)8(6-7)11-9(12)4-5-14-11/h2-6H,13H2,1H3. The van der Waals surface area contributed by atoms with Gasteiger partial charge in [0.1, 0.15) is 0 Å². The molecule has 0 aliphatic carbocycles. The summed E-state index contributed by atoms with van der Waals surface area (Å²) in [5.41, 5.74) is 8.90. The molecule has 0 bridgehead atoms. The van der Waals surface area contributed by atoms with Crippen molar-refractivity contribution in [2.24, 2.45) is 0 Å². The molecule has 14 heavy (non-hydrogen) atoms. The van der Waals surface area contributed by atoms with E-state index in [0.717, 1.165) is 21.2 Å². The normalized spacial score (nSPS) is 10.4. The van der Waals surface area contributed by atoms with Crippen LogP contribution in [0, 0.1) is 6.92 Å². The molecule has 0 spiro atoms. The summed E-state index contributed by atoms with van der Waals surface area (Å²) < 4.78 is 0. The van der Waals surface area contributed by atoms with Crippen LogP contribution in [0.1, 0.15) is 5.56 Å². The van der Waals surface area contributed by atoms with Crippen LogP contribution in [0.25, 0.3) is 10.4 Å². The molecule has 3 heteroatoms. The van der Waals surface area contributed by atoms with Crippen molar-refractivity contribution in [1.82, 2.24) is 0 Å². The van der Waals surface area contributed by atoms with Gasteiger partial charge in [-0.2, -0.15) is 0 Å². The van der Waals surface area contributed by atoms with Crippen LogP contribution in [0.5, 0.6) is 0 Å². The minimum absolute atomic E-state index is 0.771. The van der Waals surface area contributed by atoms with E-state index in [1.165, 1.54) is 5.56 Å². The molecule has 0 saturated carbocycles. The molecule has 0 fully saturated rings. The second kappa shape index (κ2) is 3.64. The monoisotopic (exact) mass is 223 g/mol. The second-order valence-corrected chi connectivity index (χ2v) is 4.51. The summed E-state index contributed by atoms with van der Waals surface area (Å²) in [4.78, 5) is 1.05. The minimum atomic E-state index is 0.771. The lowest BCUT2D eigenvalue weighted by molar-refractivity contribution is 1.48. The molecular weight excluding hydrogens is 214 g/mol. The van der Waals surface area contributed by atoms with Gasteiger partial charge in [-0.15, -0.1) is 11.3 Å². The Morgan fingerprint density at radius 1 is 1.29 bits per heavy atom. The molecular formula is C11H10ClNS. The third-order valence-electron chi connectivity index (χ3n) is 2.07. The maximum Gasteiger partial charge on any atom is 0.0593 e. The SMILES string of the molecule is Cc1ccc(N)c(-c2sccc2Cl)c1. The fraction of sp³-hybridized carbons (Fsp3) is 0.0909. The Kier molecular flexibility index (Phi) is 2.48. The van der Waals surface area contributed by atoms with Gasteiger partial charge in [0.25, 0.3) is 0 Å². The Morgan fingerprint density at radius 2 is 2.07 bits per heavy atom. The van der Waals surface area contributed by atoms with Gasteiger partial charge in [-0.05, 0) is 30.5 Å². The highest BCUT2D eigenvalue weighted by atomic mass is 35.5. The number of nitrogen functional groups attached to an aromatic ring is 1. The number of rotatable bonds is 1. The van der Waals surface area contributed by atoms with Gasteiger partial charge in [-0.1, -0.05) is 23.2 Å². The lowest BCUT2D eigenvalue weighted by Crippen LogP contribution is -1.89. The molecule has 1 aromatic carbocycles. The zero-order chi connectivity index (χ0) is 10.1. The fourth-order valence-corrected chi connectivity index (χ4v) is 2.55. The van der Waals surface area contributed by atoms with Gasteiger partial charge < -0.3 is 5.73 Å². The Hall–Kier alpha value is -0.990. The van der Waals surface area contributed by atoms with Crippen LogP contribution in [-0.4, -0.2) is 0 Å². The van der Waals surface area contributed by atoms with E-state index in [0.29, 0.717) is 0 Å². The molecule has 0 aliphatic rings. The zero-order valence-electron chi connectivity index (χ0n) is 7.75. The van der Waals surface area contributed by atoms with Gasteiger partial charge in [-0.3, -0.25) is 0 Å². The molecule has 1 heterocycles. The van der Waals surface area contributed by atoms with E-state index in [1.807, 2.05) is 30.5 Å². The second-order valence-electron chi connectivity index (χ2n) is 3.19. The maximum atomic E-state index is 6.05. The van der Waals surface area contributed by atoms with Gasteiger partial charge in [0, 0.05) is 11.3 Å². The van der Waals surface area contributed by atoms with Crippen molar-refractivity contribution >= 4 is 28.6 Å². The fourth-order valence-electron chi connectivity index (χ4n) is 1.35. The lowest BCUT2D eigenvalue weighted by Gasteiger charge is -2.04. The third-order valence-corrected chi connectivity index (χ3v) is 3.45. The van der Waals surface area contributed by atoms with Crippen LogP contribution in [0.15, 0.2) is 29.6 Å². The van der Waals surface area contributed by atoms with Crippen molar-refractivity contribution in [1.29, 1.82) is 0 Å². The molecule has 72 valence electrons. The van der Waals surface area contributed by atoms with Crippen molar-refractivity contribution in [3.63, 3.8) is 0 Å². The van der Waals surface area contributed by atoms with Gasteiger partial charge in [0.2, 0.25) is 0 Å². The molecule has 2 rings (SSSR count). The van der Waals surface area contributed by atoms with Crippen LogP contribution >= 0.6 is 22.9 Å². The van der Waals surface area contributed by atoms with Crippen molar-refractivity contribution in [3.05, 3.63) is 40.2 Å². The molecule has 2 aromatic rings. The van der Waals surface area contributed by atoms with E-state index in [2.05, 4.69) is 6.07 Å². The Bertz CT molecular complexity index is 462. The van der Waals surface area contributed by atoms with Gasteiger partial charge in [-0.25, -0.2) is 0 Å². The van der Waals surface area contributed by atoms with E-state index >= 15 is 0 Å². The highest BCUT2D eigenvalue weighted by Gasteiger charge is 2.08. The lowest BCUT2D eigenvalue weighted by atomic mass is 10.1. The molecule has 1 nitrogen and oxygen atoms in total. The Balaban J connectivity index is 2.62. The van der Waals surface area contributed by atoms with Crippen LogP contribution in [0.4, 0.5) is 5.69 Å². The van der Waals surface area contributed by atoms with E-state index < -0.39 is 0 Å². The molecule has 0 aliphatic heterocycles. The predicted octanol–water partition coefficient (Wildman–Crippen LogP) is 3.96. The topological polar surface area (TPSA) is 26.0 Å². The molecule has 1 aromatic heterocycles. The number of hydrogen-bond donors (Lipinski definition) is 1. The number of aryl methyl sites for hydroxylation is 1. The number of halogens is 1. The van der Waals surface area contributed by atoms with Gasteiger partial charge >= 0.3 is 0 Å². The van der Waals surface area contributed by atoms with Crippen molar-refractivity contribution in [2.45, 2.75) is 6.92 Å². The van der Waals surface area contributed by atoms with Gasteiger partial charge in [0.05, 0.1) is 9.90 Å². The molecule has 0 atom stereocenters. The highest BCUT2D eigenvalue weighted by Crippen LogP contribution is 2.36. The molecule has 0 saturated heterocycles. The highest BCUT2D eigenvalue weighted by molar-refractivity contribution is 7.14. The van der Waals surface area contributed by atoms with E-state index in [1.54, 1.807) is 11.3 Å². The number of nitrogens with two attached hydrogens (primary N) is 1. The van der Waals surface area contributed by atoms with Crippen molar-refractivity contribution in [3.8, 4) is 10.4 Å². The van der Waals surface area contributed by atoms with Crippen LogP contribution in [0.2, 0.25) is 5.02 Å². The van der Waals surface area contributed by atoms with E-state index in [9.17, 15) is 0 Å². The first-order valence-corrected chi connectivity index (χ1v) is 5.54. The number of thiophene rings is 1. The van der Waals surface area contributed by atoms with Crippen LogP contribution in [0.3, 0.4) is 0 Å². The molecule has 2 N–H and O–H groups in total. The summed E-state index contributed by atoms with van der Waals surface area (Å²) in [5, 5.41) is 2.74. The minimum Gasteiger partial charge on any atom is -0.398 e. The van der Waals surface area contributed by atoms with E-state index in [-0.39, 0.29) is 0 Å². The average Bonchev–Trinajstić information content (AvgIpc) is 2.56. The molecule has 0 amide bonds. The first-order valence-electron chi connectivity index (χ1n) is 4.28. The van der Waals surface area contributed by atoms with Gasteiger partial charge in [0.15, 0.2) is 0 Å². The number of anilines is 1. The van der Waals surface area contributed by atoms with Crippen LogP contribution in [-0.2, 0) is 0 Å². The largest absolute Gasteiger partial charge is 0.398 e. The first-order chi connectivity index (χ1) is 6.68. The third kappa shape index (κ3) is 1.63. The number of benzene rings is 1. The van der Waals surface area contributed by atoms with E-state index in [4.69, 9.17) is 17.3 Å². The quantitative estimate of drug-likeness (QED) is 0.728. The van der Waals surface area contributed by atoms with Crippen LogP contribution < -0.4 is 5.73 Å². The summed E-state index contributed by atoms with van der Waals surface area (Å²) in [5.74, 6) is 0. The summed E-state index contributed by atoms with van der Waals surface area (Å²) in [7, 11) is 0.